The van der Waals surface area contributed by atoms with Crippen LogP contribution >= 0.6 is 11.8 Å². The summed E-state index contributed by atoms with van der Waals surface area (Å²) in [6.45, 7) is -0.687. The molecule has 12 heteroatoms. The molecule has 0 radical (unpaired) electrons. The fourth-order valence-corrected chi connectivity index (χ4v) is 3.73. The zero-order valence-electron chi connectivity index (χ0n) is 16.7. The van der Waals surface area contributed by atoms with E-state index in [2.05, 4.69) is 10.6 Å². The summed E-state index contributed by atoms with van der Waals surface area (Å²) in [5.74, 6) is -5.02. The van der Waals surface area contributed by atoms with Gasteiger partial charge in [0.05, 0.1) is 4.91 Å². The van der Waals surface area contributed by atoms with E-state index in [1.54, 1.807) is 12.1 Å². The van der Waals surface area contributed by atoms with Crippen LogP contribution in [0.15, 0.2) is 35.2 Å². The van der Waals surface area contributed by atoms with Crippen LogP contribution in [0.5, 0.6) is 0 Å². The topological polar surface area (TPSA) is 193 Å². The number of thioether (sulfide) groups is 1. The number of allylic oxidation sites excluding steroid dienone is 2. The third kappa shape index (κ3) is 6.75. The maximum Gasteiger partial charge on any atom is 0.322 e. The molecule has 0 aliphatic heterocycles. The number of carboxylic acid groups (broad SMARTS) is 2. The van der Waals surface area contributed by atoms with Crippen molar-refractivity contribution in [1.82, 2.24) is 10.6 Å². The molecule has 170 valence electrons. The summed E-state index contributed by atoms with van der Waals surface area (Å²) in [5, 5.41) is 22.1. The number of carbonyl (C=O) groups is 6. The number of ketones is 2. The summed E-state index contributed by atoms with van der Waals surface area (Å²) in [4.78, 5) is 71.0. The zero-order chi connectivity index (χ0) is 23.8. The number of nitrogens with one attached hydrogen (secondary N) is 2. The quantitative estimate of drug-likeness (QED) is 0.287. The van der Waals surface area contributed by atoms with Gasteiger partial charge in [-0.2, -0.15) is 0 Å². The average molecular weight is 463 g/mol. The Bertz CT molecular complexity index is 991. The lowest BCUT2D eigenvalue weighted by atomic mass is 9.95. The molecule has 1 aromatic rings. The molecule has 6 N–H and O–H groups in total. The minimum absolute atomic E-state index is 0.0758. The Morgan fingerprint density at radius 3 is 2.34 bits per heavy atom. The standard InChI is InChI=1S/C20H21N3O8S/c21-12(20(30)31)5-6-16(25)23-13(19(29)22-8-17(26)27)9-32-15-7-14(24)10-3-1-2-4-11(10)18(15)28/h1-4,7,12-13H,5-6,8-9,21H2,(H,22,29)(H,23,25)(H,26,27)(H,30,31)/t12-,13-/m0/s1. The normalized spacial score (nSPS) is 14.6. The maximum atomic E-state index is 12.6. The van der Waals surface area contributed by atoms with Gasteiger partial charge in [-0.25, -0.2) is 0 Å². The molecule has 0 aromatic heterocycles. The number of amides is 2. The van der Waals surface area contributed by atoms with Crippen molar-refractivity contribution in [2.24, 2.45) is 5.73 Å². The van der Waals surface area contributed by atoms with Crippen LogP contribution < -0.4 is 16.4 Å². The van der Waals surface area contributed by atoms with Crippen LogP contribution in [-0.4, -0.2) is 69.9 Å². The molecule has 0 spiro atoms. The monoisotopic (exact) mass is 463 g/mol. The average Bonchev–Trinajstić information content (AvgIpc) is 2.76. The molecule has 2 rings (SSSR count). The molecule has 0 saturated carbocycles. The van der Waals surface area contributed by atoms with E-state index < -0.39 is 48.2 Å². The van der Waals surface area contributed by atoms with E-state index in [1.807, 2.05) is 0 Å². The first-order valence-electron chi connectivity index (χ1n) is 9.40. The van der Waals surface area contributed by atoms with Gasteiger partial charge in [-0.1, -0.05) is 24.3 Å². The molecular formula is C20H21N3O8S. The lowest BCUT2D eigenvalue weighted by Crippen LogP contribution is -2.49. The number of rotatable bonds is 11. The predicted molar refractivity (Wildman–Crippen MR) is 113 cm³/mol. The van der Waals surface area contributed by atoms with Gasteiger partial charge < -0.3 is 26.6 Å². The number of carbonyl (C=O) groups excluding carboxylic acids is 4. The van der Waals surface area contributed by atoms with E-state index >= 15 is 0 Å². The van der Waals surface area contributed by atoms with Crippen LogP contribution in [0.3, 0.4) is 0 Å². The van der Waals surface area contributed by atoms with Crippen LogP contribution in [0.2, 0.25) is 0 Å². The Labute approximate surface area is 186 Å². The molecule has 1 aliphatic rings. The van der Waals surface area contributed by atoms with Crippen molar-refractivity contribution >= 4 is 47.1 Å². The number of hydrogen-bond donors (Lipinski definition) is 5. The summed E-state index contributed by atoms with van der Waals surface area (Å²) in [6.07, 6.45) is 0.691. The van der Waals surface area contributed by atoms with E-state index in [-0.39, 0.29) is 40.4 Å². The molecule has 0 unspecified atom stereocenters. The van der Waals surface area contributed by atoms with Crippen molar-refractivity contribution in [2.75, 3.05) is 12.3 Å². The number of Topliss-reactive ketones (excluding diaryl/α,β-unsaturated/α-hetero) is 1. The highest BCUT2D eigenvalue weighted by Crippen LogP contribution is 2.28. The number of hydrogen-bond acceptors (Lipinski definition) is 8. The second-order valence-electron chi connectivity index (χ2n) is 6.77. The Kier molecular flexibility index (Phi) is 8.67. The fraction of sp³-hybridized carbons (Fsp3) is 0.300. The third-order valence-corrected chi connectivity index (χ3v) is 5.51. The molecule has 2 atom stereocenters. The van der Waals surface area contributed by atoms with Gasteiger partial charge in [-0.05, 0) is 6.42 Å². The first kappa shape index (κ1) is 24.8. The van der Waals surface area contributed by atoms with Gasteiger partial charge in [0.15, 0.2) is 11.6 Å². The summed E-state index contributed by atoms with van der Waals surface area (Å²) in [6, 6.07) is 3.78. The minimum Gasteiger partial charge on any atom is -0.480 e. The second kappa shape index (κ2) is 11.2. The van der Waals surface area contributed by atoms with Crippen molar-refractivity contribution in [3.8, 4) is 0 Å². The summed E-state index contributed by atoms with van der Waals surface area (Å²) < 4.78 is 0. The van der Waals surface area contributed by atoms with Crippen molar-refractivity contribution < 1.29 is 39.0 Å². The summed E-state index contributed by atoms with van der Waals surface area (Å²) in [5.41, 5.74) is 5.84. The third-order valence-electron chi connectivity index (χ3n) is 4.39. The largest absolute Gasteiger partial charge is 0.480 e. The maximum absolute atomic E-state index is 12.6. The van der Waals surface area contributed by atoms with E-state index in [9.17, 15) is 28.8 Å². The molecular weight excluding hydrogens is 442 g/mol. The minimum atomic E-state index is -1.30. The van der Waals surface area contributed by atoms with Gasteiger partial charge in [-0.15, -0.1) is 11.8 Å². The Hall–Kier alpha value is -3.51. The van der Waals surface area contributed by atoms with Gasteiger partial charge in [0.1, 0.15) is 18.6 Å². The van der Waals surface area contributed by atoms with Crippen LogP contribution in [-0.2, 0) is 19.2 Å². The molecule has 0 bridgehead atoms. The van der Waals surface area contributed by atoms with E-state index in [1.165, 1.54) is 12.1 Å². The Balaban J connectivity index is 2.07. The van der Waals surface area contributed by atoms with Crippen molar-refractivity contribution in [3.05, 3.63) is 46.4 Å². The van der Waals surface area contributed by atoms with Gasteiger partial charge >= 0.3 is 11.9 Å². The van der Waals surface area contributed by atoms with Crippen LogP contribution in [0.4, 0.5) is 0 Å². The Morgan fingerprint density at radius 2 is 1.72 bits per heavy atom. The van der Waals surface area contributed by atoms with Gasteiger partial charge in [0, 0.05) is 29.4 Å². The second-order valence-corrected chi connectivity index (χ2v) is 7.84. The van der Waals surface area contributed by atoms with Crippen LogP contribution in [0.1, 0.15) is 33.6 Å². The molecule has 32 heavy (non-hydrogen) atoms. The number of benzene rings is 1. The smallest absolute Gasteiger partial charge is 0.322 e. The molecule has 0 fully saturated rings. The lowest BCUT2D eigenvalue weighted by molar-refractivity contribution is -0.139. The molecule has 2 amide bonds. The zero-order valence-corrected chi connectivity index (χ0v) is 17.5. The number of carboxylic acids is 2. The predicted octanol–water partition coefficient (Wildman–Crippen LogP) is -0.440. The van der Waals surface area contributed by atoms with Gasteiger partial charge in [0.2, 0.25) is 11.8 Å². The highest BCUT2D eigenvalue weighted by Gasteiger charge is 2.28. The van der Waals surface area contributed by atoms with Gasteiger partial charge in [0.25, 0.3) is 0 Å². The van der Waals surface area contributed by atoms with Crippen molar-refractivity contribution in [3.63, 3.8) is 0 Å². The van der Waals surface area contributed by atoms with Gasteiger partial charge in [-0.3, -0.25) is 28.8 Å². The van der Waals surface area contributed by atoms with Crippen LogP contribution in [0.25, 0.3) is 0 Å². The number of fused-ring (bicyclic) bond motifs is 1. The molecule has 0 saturated heterocycles. The Morgan fingerprint density at radius 1 is 1.06 bits per heavy atom. The first-order chi connectivity index (χ1) is 15.1. The summed E-state index contributed by atoms with van der Waals surface area (Å²) >= 11 is 0.864. The first-order valence-corrected chi connectivity index (χ1v) is 10.4. The lowest BCUT2D eigenvalue weighted by Gasteiger charge is -2.20. The van der Waals surface area contributed by atoms with E-state index in [4.69, 9.17) is 15.9 Å². The molecule has 1 aliphatic carbocycles. The van der Waals surface area contributed by atoms with E-state index in [0.717, 1.165) is 17.8 Å². The van der Waals surface area contributed by atoms with Crippen molar-refractivity contribution in [2.45, 2.75) is 24.9 Å². The summed E-state index contributed by atoms with van der Waals surface area (Å²) in [7, 11) is 0. The number of nitrogens with two attached hydrogens (primary N) is 1. The van der Waals surface area contributed by atoms with Crippen molar-refractivity contribution in [1.29, 1.82) is 0 Å². The molecule has 11 nitrogen and oxygen atoms in total. The number of aliphatic carboxylic acids is 2. The highest BCUT2D eigenvalue weighted by atomic mass is 32.2. The molecule has 0 heterocycles. The highest BCUT2D eigenvalue weighted by molar-refractivity contribution is 8.04. The molecule has 1 aromatic carbocycles. The van der Waals surface area contributed by atoms with Crippen LogP contribution in [0, 0.1) is 0 Å². The van der Waals surface area contributed by atoms with E-state index in [0.29, 0.717) is 0 Å². The SMILES string of the molecule is N[C@@H](CCC(=O)N[C@@H](CSC1=CC(=O)c2ccccc2C1=O)C(=O)NCC(=O)O)C(=O)O. The fourth-order valence-electron chi connectivity index (χ4n) is 2.72.